The normalized spacial score (nSPS) is 21.4. The van der Waals surface area contributed by atoms with Gasteiger partial charge in [-0.15, -0.1) is 0 Å². The molecule has 0 spiro atoms. The molecule has 2 aromatic rings. The van der Waals surface area contributed by atoms with Gasteiger partial charge in [-0.3, -0.25) is 0 Å². The van der Waals surface area contributed by atoms with Crippen LogP contribution in [0.1, 0.15) is 51.5 Å². The second-order valence-electron chi connectivity index (χ2n) is 9.18. The van der Waals surface area contributed by atoms with Crippen LogP contribution in [-0.2, 0) is 9.53 Å². The van der Waals surface area contributed by atoms with Crippen LogP contribution in [0.3, 0.4) is 0 Å². The lowest BCUT2D eigenvalue weighted by molar-refractivity contribution is -0.117. The van der Waals surface area contributed by atoms with E-state index in [1.54, 1.807) is 6.92 Å². The van der Waals surface area contributed by atoms with Crippen molar-refractivity contribution in [1.29, 1.82) is 0 Å². The zero-order valence-electron chi connectivity index (χ0n) is 19.5. The Labute approximate surface area is 191 Å². The molecule has 1 aliphatic carbocycles. The molecule has 0 aromatic heterocycles. The van der Waals surface area contributed by atoms with Gasteiger partial charge in [0.15, 0.2) is 0 Å². The first kappa shape index (κ1) is 22.7. The Bertz CT molecular complexity index is 876. The van der Waals surface area contributed by atoms with Gasteiger partial charge in [-0.1, -0.05) is 19.1 Å². The predicted molar refractivity (Wildman–Crippen MR) is 127 cm³/mol. The Morgan fingerprint density at radius 1 is 1.00 bits per heavy atom. The highest BCUT2D eigenvalue weighted by Gasteiger charge is 2.35. The molecule has 0 N–H and O–H groups in total. The fourth-order valence-electron chi connectivity index (χ4n) is 4.29. The van der Waals surface area contributed by atoms with E-state index in [-0.39, 0.29) is 23.9 Å². The molecule has 2 aromatic carbocycles. The van der Waals surface area contributed by atoms with Crippen molar-refractivity contribution in [3.63, 3.8) is 0 Å². The molecular weight excluding hydrogens is 402 g/mol. The highest BCUT2D eigenvalue weighted by molar-refractivity contribution is 5.76. The molecule has 0 radical (unpaired) electrons. The summed E-state index contributed by atoms with van der Waals surface area (Å²) in [6, 6.07) is 16.5. The fraction of sp³-hybridized carbons (Fsp3) is 0.519. The van der Waals surface area contributed by atoms with Crippen LogP contribution in [0.4, 0.5) is 5.69 Å². The van der Waals surface area contributed by atoms with Crippen molar-refractivity contribution >= 4 is 11.5 Å². The molecule has 5 nitrogen and oxygen atoms in total. The third-order valence-electron chi connectivity index (χ3n) is 6.31. The molecule has 1 saturated carbocycles. The van der Waals surface area contributed by atoms with Crippen LogP contribution in [0, 0.1) is 5.92 Å². The van der Waals surface area contributed by atoms with E-state index in [1.165, 1.54) is 12.8 Å². The third kappa shape index (κ3) is 6.04. The summed E-state index contributed by atoms with van der Waals surface area (Å²) < 4.78 is 18.2. The molecule has 2 fully saturated rings. The highest BCUT2D eigenvalue weighted by Crippen LogP contribution is 2.31. The van der Waals surface area contributed by atoms with E-state index in [2.05, 4.69) is 48.2 Å². The Hall–Kier alpha value is -2.53. The summed E-state index contributed by atoms with van der Waals surface area (Å²) in [7, 11) is 0. The molecule has 0 amide bonds. The molecular formula is C27H35NO4. The lowest BCUT2D eigenvalue weighted by Gasteiger charge is -2.20. The van der Waals surface area contributed by atoms with Crippen molar-refractivity contribution in [2.24, 2.45) is 5.92 Å². The molecule has 0 bridgehead atoms. The average Bonchev–Trinajstić information content (AvgIpc) is 3.54. The lowest BCUT2D eigenvalue weighted by Crippen LogP contribution is -2.32. The summed E-state index contributed by atoms with van der Waals surface area (Å²) in [5, 5.41) is 0. The SMILES string of the molecule is CCOC1CN(c2ccc(OCC3CC3)cc2)CC1Oc1ccc([C@H](C)CC(C)=O)cc1. The summed E-state index contributed by atoms with van der Waals surface area (Å²) in [5.74, 6) is 2.96. The maximum atomic E-state index is 11.4. The monoisotopic (exact) mass is 437 g/mol. The molecule has 1 aliphatic heterocycles. The molecule has 2 aliphatic rings. The lowest BCUT2D eigenvalue weighted by atomic mass is 9.96. The van der Waals surface area contributed by atoms with Gasteiger partial charge < -0.3 is 23.9 Å². The number of carbonyl (C=O) groups is 1. The van der Waals surface area contributed by atoms with Crippen molar-refractivity contribution in [3.8, 4) is 11.5 Å². The summed E-state index contributed by atoms with van der Waals surface area (Å²) in [4.78, 5) is 13.7. The number of ketones is 1. The van der Waals surface area contributed by atoms with Crippen LogP contribution < -0.4 is 14.4 Å². The predicted octanol–water partition coefficient (Wildman–Crippen LogP) is 5.23. The minimum absolute atomic E-state index is 0.0158. The summed E-state index contributed by atoms with van der Waals surface area (Å²) >= 11 is 0. The average molecular weight is 438 g/mol. The standard InChI is InChI=1S/C27H35NO4/c1-4-30-26-16-28(23-9-13-24(14-10-23)31-18-21-5-6-21)17-27(26)32-25-11-7-22(8-12-25)19(2)15-20(3)29/h7-14,19,21,26-27H,4-6,15-18H2,1-3H3/t19-,26?,27?/m1/s1. The quantitative estimate of drug-likeness (QED) is 0.482. The number of nitrogens with zero attached hydrogens (tertiary/aromatic N) is 1. The Kier molecular flexibility index (Phi) is 7.36. The van der Waals surface area contributed by atoms with Gasteiger partial charge in [0.05, 0.1) is 13.2 Å². The zero-order chi connectivity index (χ0) is 22.5. The first-order chi connectivity index (χ1) is 15.5. The minimum Gasteiger partial charge on any atom is -0.493 e. The van der Waals surface area contributed by atoms with Crippen molar-refractivity contribution < 1.29 is 19.0 Å². The van der Waals surface area contributed by atoms with E-state index in [9.17, 15) is 4.79 Å². The highest BCUT2D eigenvalue weighted by atomic mass is 16.5. The van der Waals surface area contributed by atoms with E-state index >= 15 is 0 Å². The van der Waals surface area contributed by atoms with Crippen LogP contribution in [0.25, 0.3) is 0 Å². The van der Waals surface area contributed by atoms with Gasteiger partial charge in [0.25, 0.3) is 0 Å². The number of rotatable bonds is 11. The largest absolute Gasteiger partial charge is 0.493 e. The number of ether oxygens (including phenoxy) is 3. The second-order valence-corrected chi connectivity index (χ2v) is 9.18. The van der Waals surface area contributed by atoms with Gasteiger partial charge in [-0.2, -0.15) is 0 Å². The number of anilines is 1. The molecule has 172 valence electrons. The number of Topliss-reactive ketones (excluding diaryl/α,β-unsaturated/α-hetero) is 1. The van der Waals surface area contributed by atoms with Gasteiger partial charge in [0.1, 0.15) is 29.5 Å². The van der Waals surface area contributed by atoms with Crippen LogP contribution in [0.2, 0.25) is 0 Å². The van der Waals surface area contributed by atoms with Crippen molar-refractivity contribution in [2.45, 2.75) is 58.2 Å². The summed E-state index contributed by atoms with van der Waals surface area (Å²) in [5.41, 5.74) is 2.32. The minimum atomic E-state index is -0.0405. The summed E-state index contributed by atoms with van der Waals surface area (Å²) in [6.45, 7) is 8.81. The van der Waals surface area contributed by atoms with Gasteiger partial charge in [-0.25, -0.2) is 0 Å². The Balaban J connectivity index is 1.37. The van der Waals surface area contributed by atoms with Crippen LogP contribution in [0.15, 0.2) is 48.5 Å². The second kappa shape index (κ2) is 10.4. The van der Waals surface area contributed by atoms with E-state index in [4.69, 9.17) is 14.2 Å². The topological polar surface area (TPSA) is 48.0 Å². The number of carbonyl (C=O) groups excluding carboxylic acids is 1. The molecule has 32 heavy (non-hydrogen) atoms. The maximum Gasteiger partial charge on any atom is 0.144 e. The van der Waals surface area contributed by atoms with Gasteiger partial charge in [-0.05, 0) is 80.5 Å². The molecule has 2 unspecified atom stereocenters. The molecule has 4 rings (SSSR count). The molecule has 1 saturated heterocycles. The fourth-order valence-corrected chi connectivity index (χ4v) is 4.29. The molecule has 3 atom stereocenters. The van der Waals surface area contributed by atoms with Gasteiger partial charge in [0.2, 0.25) is 0 Å². The first-order valence-corrected chi connectivity index (χ1v) is 11.9. The van der Waals surface area contributed by atoms with Crippen molar-refractivity contribution in [3.05, 3.63) is 54.1 Å². The van der Waals surface area contributed by atoms with Crippen LogP contribution in [0.5, 0.6) is 11.5 Å². The van der Waals surface area contributed by atoms with Crippen molar-refractivity contribution in [2.75, 3.05) is 31.2 Å². The smallest absolute Gasteiger partial charge is 0.144 e. The Morgan fingerprint density at radius 2 is 1.66 bits per heavy atom. The maximum absolute atomic E-state index is 11.4. The number of hydrogen-bond donors (Lipinski definition) is 0. The summed E-state index contributed by atoms with van der Waals surface area (Å²) in [6.07, 6.45) is 3.14. The van der Waals surface area contributed by atoms with E-state index in [0.29, 0.717) is 13.0 Å². The van der Waals surface area contributed by atoms with Crippen LogP contribution in [-0.4, -0.2) is 44.3 Å². The van der Waals surface area contributed by atoms with E-state index in [1.807, 2.05) is 19.1 Å². The van der Waals surface area contributed by atoms with E-state index < -0.39 is 0 Å². The zero-order valence-corrected chi connectivity index (χ0v) is 19.5. The first-order valence-electron chi connectivity index (χ1n) is 11.9. The van der Waals surface area contributed by atoms with E-state index in [0.717, 1.165) is 48.4 Å². The van der Waals surface area contributed by atoms with Crippen molar-refractivity contribution in [1.82, 2.24) is 0 Å². The van der Waals surface area contributed by atoms with Gasteiger partial charge >= 0.3 is 0 Å². The number of benzene rings is 2. The van der Waals surface area contributed by atoms with Crippen LogP contribution >= 0.6 is 0 Å². The molecule has 5 heteroatoms. The van der Waals surface area contributed by atoms with Gasteiger partial charge in [0, 0.05) is 25.3 Å². The third-order valence-corrected chi connectivity index (χ3v) is 6.31. The molecule has 1 heterocycles. The Morgan fingerprint density at radius 3 is 2.28 bits per heavy atom. The number of hydrogen-bond acceptors (Lipinski definition) is 5.